The lowest BCUT2D eigenvalue weighted by Crippen LogP contribution is -2.49. The van der Waals surface area contributed by atoms with Crippen LogP contribution in [0.5, 0.6) is 0 Å². The fraction of sp³-hybridized carbons (Fsp3) is 0.391. The number of nitrogens with zero attached hydrogens (tertiary/aromatic N) is 2. The van der Waals surface area contributed by atoms with Crippen molar-refractivity contribution in [1.82, 2.24) is 25.5 Å². The summed E-state index contributed by atoms with van der Waals surface area (Å²) in [7, 11) is 0. The van der Waals surface area contributed by atoms with E-state index in [1.54, 1.807) is 18.3 Å². The van der Waals surface area contributed by atoms with Crippen LogP contribution in [0, 0.1) is 0 Å². The molecule has 0 bridgehead atoms. The van der Waals surface area contributed by atoms with Crippen molar-refractivity contribution in [3.8, 4) is 0 Å². The number of pyridine rings is 1. The molecule has 3 heterocycles. The van der Waals surface area contributed by atoms with Crippen LogP contribution in [0.4, 0.5) is 0 Å². The van der Waals surface area contributed by atoms with E-state index >= 15 is 0 Å². The highest BCUT2D eigenvalue weighted by Gasteiger charge is 2.23. The van der Waals surface area contributed by atoms with Gasteiger partial charge >= 0.3 is 0 Å². The molecule has 1 fully saturated rings. The van der Waals surface area contributed by atoms with Crippen LogP contribution in [0.1, 0.15) is 17.5 Å². The third-order valence-electron chi connectivity index (χ3n) is 5.58. The number of aromatic nitrogens is 2. The van der Waals surface area contributed by atoms with Crippen molar-refractivity contribution >= 4 is 28.4 Å². The van der Waals surface area contributed by atoms with Crippen molar-refractivity contribution in [3.05, 3.63) is 65.1 Å². The van der Waals surface area contributed by atoms with Crippen LogP contribution in [0.25, 0.3) is 10.9 Å². The second kappa shape index (κ2) is 10.9. The summed E-state index contributed by atoms with van der Waals surface area (Å²) in [5.74, 6) is -0.151. The van der Waals surface area contributed by atoms with E-state index in [2.05, 4.69) is 25.5 Å². The van der Waals surface area contributed by atoms with E-state index in [0.717, 1.165) is 49.3 Å². The Morgan fingerprint density at radius 1 is 1.25 bits per heavy atom. The number of hydrogen-bond acceptors (Lipinski definition) is 6. The number of amides is 1. The van der Waals surface area contributed by atoms with E-state index in [-0.39, 0.29) is 5.91 Å². The number of nitrogens with one attached hydrogen (secondary N) is 3. The maximum Gasteiger partial charge on any atom is 0.237 e. The lowest BCUT2D eigenvalue weighted by Gasteiger charge is -2.27. The second-order valence-electron chi connectivity index (χ2n) is 7.88. The lowest BCUT2D eigenvalue weighted by atomic mass is 10.0. The van der Waals surface area contributed by atoms with E-state index in [1.807, 2.05) is 30.3 Å². The van der Waals surface area contributed by atoms with Crippen LogP contribution < -0.4 is 10.6 Å². The van der Waals surface area contributed by atoms with Gasteiger partial charge < -0.3 is 20.1 Å². The van der Waals surface area contributed by atoms with Gasteiger partial charge in [0.15, 0.2) is 0 Å². The van der Waals surface area contributed by atoms with Gasteiger partial charge in [0.05, 0.1) is 36.7 Å². The Hall–Kier alpha value is -2.49. The van der Waals surface area contributed by atoms with Gasteiger partial charge in [0.1, 0.15) is 11.4 Å². The van der Waals surface area contributed by atoms with Crippen LogP contribution in [0.2, 0.25) is 5.15 Å². The average Bonchev–Trinajstić information content (AvgIpc) is 3.23. The Labute approximate surface area is 191 Å². The minimum atomic E-state index is -1.06. The third-order valence-corrected chi connectivity index (χ3v) is 5.78. The van der Waals surface area contributed by atoms with Gasteiger partial charge in [-0.1, -0.05) is 41.9 Å². The molecule has 3 aromatic rings. The molecule has 1 saturated heterocycles. The first-order chi connectivity index (χ1) is 15.6. The zero-order valence-electron chi connectivity index (χ0n) is 17.8. The predicted octanol–water partition coefficient (Wildman–Crippen LogP) is 1.86. The topological polar surface area (TPSA) is 103 Å². The minimum Gasteiger partial charge on any atom is -0.379 e. The average molecular weight is 458 g/mol. The first-order valence-corrected chi connectivity index (χ1v) is 11.2. The molecule has 0 radical (unpaired) electrons. The quantitative estimate of drug-likeness (QED) is 0.289. The molecule has 1 aromatic carbocycles. The Kier molecular flexibility index (Phi) is 7.72. The molecule has 2 atom stereocenters. The number of aliphatic hydroxyl groups is 1. The zero-order chi connectivity index (χ0) is 22.3. The summed E-state index contributed by atoms with van der Waals surface area (Å²) >= 11 is 5.96. The van der Waals surface area contributed by atoms with E-state index in [1.165, 1.54) is 0 Å². The number of carbonyl (C=O) groups is 1. The molecule has 2 aromatic heterocycles. The summed E-state index contributed by atoms with van der Waals surface area (Å²) in [4.78, 5) is 22.5. The van der Waals surface area contributed by atoms with Crippen molar-refractivity contribution in [1.29, 1.82) is 0 Å². The summed E-state index contributed by atoms with van der Waals surface area (Å²) in [6.07, 6.45) is 1.02. The van der Waals surface area contributed by atoms with Gasteiger partial charge in [-0.25, -0.2) is 4.98 Å². The van der Waals surface area contributed by atoms with E-state index in [0.29, 0.717) is 23.8 Å². The number of aliphatic hydroxyl groups excluding tert-OH is 1. The number of halogens is 1. The molecular weight excluding hydrogens is 430 g/mol. The standard InChI is InChI=1S/C23H28ClN5O3/c24-21-14-17-13-19(27-20(17)15-26-21)23(31)28-18(12-16-4-2-1-3-5-16)22(30)25-6-7-29-8-10-32-11-9-29/h1-5,13-15,18,23,27-28,31H,6-12H2,(H,25,30)/t18-,23?/m0/s1. The van der Waals surface area contributed by atoms with Crippen molar-refractivity contribution in [2.45, 2.75) is 18.7 Å². The van der Waals surface area contributed by atoms with Crippen molar-refractivity contribution in [3.63, 3.8) is 0 Å². The third kappa shape index (κ3) is 6.05. The Morgan fingerprint density at radius 3 is 2.81 bits per heavy atom. The first-order valence-electron chi connectivity index (χ1n) is 10.8. The molecule has 32 heavy (non-hydrogen) atoms. The molecule has 1 aliphatic rings. The van der Waals surface area contributed by atoms with Crippen LogP contribution in [0.15, 0.2) is 48.7 Å². The Bertz CT molecular complexity index is 1020. The van der Waals surface area contributed by atoms with Gasteiger partial charge in [0.25, 0.3) is 0 Å². The van der Waals surface area contributed by atoms with E-state index in [9.17, 15) is 9.90 Å². The molecule has 9 heteroatoms. The number of H-pyrrole nitrogens is 1. The van der Waals surface area contributed by atoms with Crippen LogP contribution in [-0.4, -0.2) is 71.3 Å². The van der Waals surface area contributed by atoms with Gasteiger partial charge in [-0.3, -0.25) is 15.0 Å². The molecule has 8 nitrogen and oxygen atoms in total. The zero-order valence-corrected chi connectivity index (χ0v) is 18.5. The van der Waals surface area contributed by atoms with E-state index in [4.69, 9.17) is 16.3 Å². The second-order valence-corrected chi connectivity index (χ2v) is 8.26. The molecular formula is C23H28ClN5O3. The first kappa shape index (κ1) is 22.7. The number of ether oxygens (including phenoxy) is 1. The van der Waals surface area contributed by atoms with E-state index < -0.39 is 12.3 Å². The summed E-state index contributed by atoms with van der Waals surface area (Å²) < 4.78 is 5.36. The lowest BCUT2D eigenvalue weighted by molar-refractivity contribution is -0.124. The largest absolute Gasteiger partial charge is 0.379 e. The smallest absolute Gasteiger partial charge is 0.237 e. The van der Waals surface area contributed by atoms with Crippen molar-refractivity contribution in [2.75, 3.05) is 39.4 Å². The van der Waals surface area contributed by atoms with Gasteiger partial charge in [-0.2, -0.15) is 0 Å². The Morgan fingerprint density at radius 2 is 2.03 bits per heavy atom. The molecule has 4 N–H and O–H groups in total. The van der Waals surface area contributed by atoms with Crippen LogP contribution >= 0.6 is 11.6 Å². The number of hydrogen-bond donors (Lipinski definition) is 4. The molecule has 0 saturated carbocycles. The molecule has 1 aliphatic heterocycles. The van der Waals surface area contributed by atoms with Gasteiger partial charge in [0.2, 0.25) is 5.91 Å². The minimum absolute atomic E-state index is 0.151. The summed E-state index contributed by atoms with van der Waals surface area (Å²) in [6.45, 7) is 4.51. The SMILES string of the molecule is O=C(NCCN1CCOCC1)[C@H](Cc1ccccc1)NC(O)c1cc2cc(Cl)ncc2[nH]1. The number of fused-ring (bicyclic) bond motifs is 1. The van der Waals surface area contributed by atoms with Gasteiger partial charge in [-0.05, 0) is 24.1 Å². The number of morpholine rings is 1. The van der Waals surface area contributed by atoms with Crippen LogP contribution in [0.3, 0.4) is 0 Å². The normalized spacial score (nSPS) is 16.7. The highest BCUT2D eigenvalue weighted by atomic mass is 35.5. The van der Waals surface area contributed by atoms with Gasteiger partial charge in [0, 0.05) is 31.6 Å². The number of benzene rings is 1. The molecule has 170 valence electrons. The molecule has 1 unspecified atom stereocenters. The predicted molar refractivity (Wildman–Crippen MR) is 123 cm³/mol. The maximum absolute atomic E-state index is 13.0. The Balaban J connectivity index is 1.42. The van der Waals surface area contributed by atoms with Crippen molar-refractivity contribution < 1.29 is 14.6 Å². The number of aromatic amines is 1. The number of carbonyl (C=O) groups excluding carboxylic acids is 1. The van der Waals surface area contributed by atoms with Crippen LogP contribution in [-0.2, 0) is 16.0 Å². The monoisotopic (exact) mass is 457 g/mol. The summed E-state index contributed by atoms with van der Waals surface area (Å²) in [6, 6.07) is 12.7. The summed E-state index contributed by atoms with van der Waals surface area (Å²) in [5.41, 5.74) is 2.32. The fourth-order valence-corrected chi connectivity index (χ4v) is 3.98. The molecule has 1 amide bonds. The number of rotatable bonds is 9. The molecule has 0 spiro atoms. The highest BCUT2D eigenvalue weighted by Crippen LogP contribution is 2.21. The molecule has 4 rings (SSSR count). The molecule has 0 aliphatic carbocycles. The highest BCUT2D eigenvalue weighted by molar-refractivity contribution is 6.30. The maximum atomic E-state index is 13.0. The summed E-state index contributed by atoms with van der Waals surface area (Å²) in [5, 5.41) is 18.1. The fourth-order valence-electron chi connectivity index (χ4n) is 3.82. The van der Waals surface area contributed by atoms with Crippen molar-refractivity contribution in [2.24, 2.45) is 0 Å². The van der Waals surface area contributed by atoms with Gasteiger partial charge in [-0.15, -0.1) is 0 Å².